The molecule has 14 heteroatoms. The summed E-state index contributed by atoms with van der Waals surface area (Å²) in [4.78, 5) is 36.3. The van der Waals surface area contributed by atoms with Gasteiger partial charge in [0.1, 0.15) is 12.4 Å². The number of hydrogen-bond acceptors (Lipinski definition) is 13. The van der Waals surface area contributed by atoms with E-state index in [0.717, 1.165) is 50.0 Å². The highest BCUT2D eigenvalue weighted by molar-refractivity contribution is 7.99. The Labute approximate surface area is 336 Å². The summed E-state index contributed by atoms with van der Waals surface area (Å²) < 4.78 is 30.8. The number of rotatable bonds is 4. The molecular formula is C43H51N5O8S. The van der Waals surface area contributed by atoms with Gasteiger partial charge in [-0.2, -0.15) is 0 Å². The topological polar surface area (TPSA) is 161 Å². The summed E-state index contributed by atoms with van der Waals surface area (Å²) in [6, 6.07) is 9.44. The van der Waals surface area contributed by atoms with Gasteiger partial charge in [0, 0.05) is 88.3 Å². The maximum Gasteiger partial charge on any atom is 0.333 e. The molecule has 10 rings (SSSR count). The lowest BCUT2D eigenvalue weighted by Crippen LogP contribution is -2.63. The van der Waals surface area contributed by atoms with Crippen molar-refractivity contribution in [2.24, 2.45) is 5.73 Å². The molecule has 1 spiro atoms. The van der Waals surface area contributed by atoms with Crippen LogP contribution < -0.4 is 30.0 Å². The molecular weight excluding hydrogens is 747 g/mol. The molecule has 2 bridgehead atoms. The predicted molar refractivity (Wildman–Crippen MR) is 216 cm³/mol. The van der Waals surface area contributed by atoms with Gasteiger partial charge in [-0.05, 0) is 70.3 Å². The normalized spacial score (nSPS) is 28.4. The van der Waals surface area contributed by atoms with Crippen LogP contribution in [0.15, 0.2) is 30.3 Å². The molecule has 3 aromatic carbocycles. The number of para-hydroxylation sites is 1. The molecule has 0 radical (unpaired) electrons. The van der Waals surface area contributed by atoms with Crippen LogP contribution in [0.1, 0.15) is 82.7 Å². The highest BCUT2D eigenvalue weighted by atomic mass is 32.2. The number of carbonyl (C=O) groups is 2. The van der Waals surface area contributed by atoms with E-state index in [1.807, 2.05) is 32.0 Å². The molecule has 6 aliphatic rings. The van der Waals surface area contributed by atoms with Gasteiger partial charge in [0.2, 0.25) is 6.79 Å². The zero-order chi connectivity index (χ0) is 40.1. The number of phenols is 1. The molecule has 0 saturated carbocycles. The zero-order valence-electron chi connectivity index (χ0n) is 33.5. The van der Waals surface area contributed by atoms with Gasteiger partial charge < -0.3 is 39.5 Å². The molecule has 13 nitrogen and oxygen atoms in total. The van der Waals surface area contributed by atoms with Crippen molar-refractivity contribution in [3.05, 3.63) is 75.0 Å². The van der Waals surface area contributed by atoms with E-state index < -0.39 is 23.1 Å². The number of likely N-dealkylation sites (N-methyl/N-ethyl adjacent to an activating group) is 1. The minimum atomic E-state index is -1.23. The summed E-state index contributed by atoms with van der Waals surface area (Å²) >= 11 is 1.64. The van der Waals surface area contributed by atoms with E-state index in [0.29, 0.717) is 66.8 Å². The number of thioether (sulfide) groups is 1. The van der Waals surface area contributed by atoms with Crippen molar-refractivity contribution in [2.45, 2.75) is 81.9 Å². The first-order valence-electron chi connectivity index (χ1n) is 19.7. The predicted octanol–water partition coefficient (Wildman–Crippen LogP) is 5.22. The molecule has 0 unspecified atom stereocenters. The number of aryl methyl sites for hydroxylation is 1. The molecule has 6 aliphatic heterocycles. The molecule has 6 atom stereocenters. The molecule has 4 aromatic rings. The van der Waals surface area contributed by atoms with E-state index in [9.17, 15) is 9.90 Å². The van der Waals surface area contributed by atoms with Gasteiger partial charge in [-0.1, -0.05) is 24.3 Å². The van der Waals surface area contributed by atoms with Crippen molar-refractivity contribution < 1.29 is 38.4 Å². The van der Waals surface area contributed by atoms with Crippen molar-refractivity contribution >= 4 is 34.6 Å². The first-order valence-corrected chi connectivity index (χ1v) is 20.7. The smallest absolute Gasteiger partial charge is 0.333 e. The molecule has 0 amide bonds. The number of methoxy groups -OCH3 is 1. The van der Waals surface area contributed by atoms with E-state index in [1.54, 1.807) is 18.9 Å². The fraction of sp³-hybridized carbons (Fsp3) is 0.488. The average Bonchev–Trinajstić information content (AvgIpc) is 3.81. The van der Waals surface area contributed by atoms with Crippen LogP contribution in [-0.4, -0.2) is 96.4 Å². The van der Waals surface area contributed by atoms with E-state index in [1.165, 1.54) is 6.92 Å². The number of aromatic hydroxyl groups is 1. The summed E-state index contributed by atoms with van der Waals surface area (Å²) in [5, 5.41) is 16.1. The highest BCUT2D eigenvalue weighted by Gasteiger charge is 2.55. The molecule has 57 heavy (non-hydrogen) atoms. The van der Waals surface area contributed by atoms with Crippen LogP contribution in [0.4, 0.5) is 0 Å². The number of hydrogen-bond donors (Lipinski definition) is 4. The van der Waals surface area contributed by atoms with Crippen molar-refractivity contribution in [3.63, 3.8) is 0 Å². The third kappa shape index (κ3) is 5.73. The Balaban J connectivity index is 1.23. The Morgan fingerprint density at radius 3 is 2.65 bits per heavy atom. The fourth-order valence-corrected chi connectivity index (χ4v) is 11.9. The Morgan fingerprint density at radius 1 is 1.12 bits per heavy atom. The number of esters is 2. The Kier molecular flexibility index (Phi) is 9.24. The van der Waals surface area contributed by atoms with Crippen molar-refractivity contribution in [1.82, 2.24) is 20.1 Å². The Bertz CT molecular complexity index is 2330. The van der Waals surface area contributed by atoms with Crippen LogP contribution >= 0.6 is 11.8 Å². The SMILES string of the molecule is COc1c(C)cc2c(c1O)[C@H](C)N(C)C[C@](C)(N1C[C@@H]3SC[C@]4(N[C@H](CN)Cc5c4[nH]c4ccccc54)C(=O)OC[C@H]1c1c4c(c(C)c(OC(C)=O)c13)OCO4)C2. The van der Waals surface area contributed by atoms with Gasteiger partial charge in [0.05, 0.1) is 18.8 Å². The van der Waals surface area contributed by atoms with Crippen LogP contribution in [0.5, 0.6) is 28.7 Å². The second-order valence-electron chi connectivity index (χ2n) is 16.6. The lowest BCUT2D eigenvalue weighted by molar-refractivity contribution is -0.155. The maximum atomic E-state index is 15.1. The summed E-state index contributed by atoms with van der Waals surface area (Å²) in [6.45, 7) is 11.1. The van der Waals surface area contributed by atoms with Gasteiger partial charge in [-0.3, -0.25) is 19.9 Å². The molecule has 7 heterocycles. The van der Waals surface area contributed by atoms with Gasteiger partial charge in [-0.25, -0.2) is 4.79 Å². The van der Waals surface area contributed by atoms with Gasteiger partial charge in [-0.15, -0.1) is 11.8 Å². The molecule has 1 saturated heterocycles. The third-order valence-corrected chi connectivity index (χ3v) is 14.5. The number of fused-ring (bicyclic) bond motifs is 9. The standard InChI is InChI=1S/C43H51N5O8S/c1-21-12-25-14-42(5,18-47(6)23(3)32(25)35(50)36(21)52-7)48-16-31-34-33(39-38(54-20-55-39)22(2)37(34)56-24(4)49)30(48)17-53-41(51)43(19-57-31)40-28(13-26(15-44)46-43)27-10-8-9-11-29(27)45-40/h8-12,23,26,30-31,45-46,50H,13-20,44H2,1-7H3/t23-,26-,30-,31-,42+,43+/m0/s1. The summed E-state index contributed by atoms with van der Waals surface area (Å²) in [7, 11) is 3.66. The highest BCUT2D eigenvalue weighted by Crippen LogP contribution is 2.59. The van der Waals surface area contributed by atoms with Crippen LogP contribution in [0.25, 0.3) is 10.9 Å². The molecule has 5 N–H and O–H groups in total. The first-order chi connectivity index (χ1) is 27.3. The summed E-state index contributed by atoms with van der Waals surface area (Å²) in [6.07, 6.45) is 1.26. The molecule has 1 aromatic heterocycles. The summed E-state index contributed by atoms with van der Waals surface area (Å²) in [5.41, 5.74) is 12.5. The second-order valence-corrected chi connectivity index (χ2v) is 17.8. The van der Waals surface area contributed by atoms with Crippen LogP contribution in [0, 0.1) is 13.8 Å². The number of carbonyl (C=O) groups excluding carboxylic acids is 2. The van der Waals surface area contributed by atoms with Crippen LogP contribution in [0.2, 0.25) is 0 Å². The third-order valence-electron chi connectivity index (χ3n) is 13.1. The number of ether oxygens (including phenoxy) is 5. The monoisotopic (exact) mass is 797 g/mol. The Morgan fingerprint density at radius 2 is 1.89 bits per heavy atom. The van der Waals surface area contributed by atoms with E-state index in [-0.39, 0.29) is 42.5 Å². The first kappa shape index (κ1) is 38.1. The number of nitrogens with two attached hydrogens (primary N) is 1. The van der Waals surface area contributed by atoms with Gasteiger partial charge in [0.15, 0.2) is 28.5 Å². The maximum absolute atomic E-state index is 15.1. The number of benzene rings is 3. The lowest BCUT2D eigenvalue weighted by atomic mass is 9.81. The van der Waals surface area contributed by atoms with Crippen molar-refractivity contribution in [3.8, 4) is 28.7 Å². The fourth-order valence-electron chi connectivity index (χ4n) is 10.5. The number of nitrogens with zero attached hydrogens (tertiary/aromatic N) is 2. The zero-order valence-corrected chi connectivity index (χ0v) is 34.4. The minimum absolute atomic E-state index is 0.0114. The number of aromatic nitrogens is 1. The number of nitrogens with one attached hydrogen (secondary N) is 2. The number of phenolic OH excluding ortho intramolecular Hbond substituents is 1. The van der Waals surface area contributed by atoms with Crippen molar-refractivity contribution in [2.75, 3.05) is 52.9 Å². The number of aromatic amines is 1. The van der Waals surface area contributed by atoms with Crippen molar-refractivity contribution in [1.29, 1.82) is 0 Å². The van der Waals surface area contributed by atoms with E-state index in [2.05, 4.69) is 53.1 Å². The largest absolute Gasteiger partial charge is 0.504 e. The Hall–Kier alpha value is -4.47. The van der Waals surface area contributed by atoms with Gasteiger partial charge >= 0.3 is 11.9 Å². The minimum Gasteiger partial charge on any atom is -0.504 e. The molecule has 1 fully saturated rings. The second kappa shape index (κ2) is 13.8. The van der Waals surface area contributed by atoms with Crippen LogP contribution in [-0.2, 0) is 32.7 Å². The lowest BCUT2D eigenvalue weighted by Gasteiger charge is -2.52. The average molecular weight is 798 g/mol. The quantitative estimate of drug-likeness (QED) is 0.158. The van der Waals surface area contributed by atoms with Gasteiger partial charge in [0.25, 0.3) is 0 Å². The van der Waals surface area contributed by atoms with Crippen LogP contribution in [0.3, 0.4) is 0 Å². The van der Waals surface area contributed by atoms with E-state index in [4.69, 9.17) is 29.4 Å². The summed E-state index contributed by atoms with van der Waals surface area (Å²) in [5.74, 6) is 1.70. The molecule has 302 valence electrons. The molecule has 0 aliphatic carbocycles. The number of H-pyrrole nitrogens is 1. The van der Waals surface area contributed by atoms with E-state index >= 15 is 4.79 Å².